The summed E-state index contributed by atoms with van der Waals surface area (Å²) in [6.07, 6.45) is 5.25. The highest BCUT2D eigenvalue weighted by Crippen LogP contribution is 2.53. The number of carbonyl (C=O) groups excluding carboxylic acids is 2. The molecule has 2 aliphatic heterocycles. The van der Waals surface area contributed by atoms with Crippen molar-refractivity contribution < 1.29 is 19.1 Å². The van der Waals surface area contributed by atoms with E-state index >= 15 is 0 Å². The number of carbonyl (C=O) groups is 2. The third kappa shape index (κ3) is 4.74. The lowest BCUT2D eigenvalue weighted by Crippen LogP contribution is -2.50. The lowest BCUT2D eigenvalue weighted by Gasteiger charge is -2.37. The van der Waals surface area contributed by atoms with Crippen LogP contribution in [0.1, 0.15) is 68.3 Å². The van der Waals surface area contributed by atoms with Crippen LogP contribution in [0, 0.1) is 18.3 Å². The summed E-state index contributed by atoms with van der Waals surface area (Å²) in [5, 5.41) is 3.16. The Balaban J connectivity index is 1.84. The number of aryl methyl sites for hydroxylation is 1. The van der Waals surface area contributed by atoms with Gasteiger partial charge in [0.25, 0.3) is 5.91 Å². The summed E-state index contributed by atoms with van der Waals surface area (Å²) in [5.74, 6) is 1.43. The summed E-state index contributed by atoms with van der Waals surface area (Å²) < 4.78 is 10.4. The molecule has 0 saturated carbocycles. The van der Waals surface area contributed by atoms with Gasteiger partial charge in [-0.1, -0.05) is 13.8 Å². The fraction of sp³-hybridized carbons (Fsp3) is 0.680. The van der Waals surface area contributed by atoms with Gasteiger partial charge >= 0.3 is 0 Å². The van der Waals surface area contributed by atoms with E-state index in [0.717, 1.165) is 49.8 Å². The van der Waals surface area contributed by atoms with Crippen molar-refractivity contribution in [2.45, 2.75) is 71.4 Å². The minimum absolute atomic E-state index is 0.0346. The van der Waals surface area contributed by atoms with Crippen LogP contribution >= 0.6 is 0 Å². The lowest BCUT2D eigenvalue weighted by atomic mass is 9.69. The van der Waals surface area contributed by atoms with Crippen molar-refractivity contribution in [1.82, 2.24) is 10.2 Å². The molecule has 6 heteroatoms. The van der Waals surface area contributed by atoms with Crippen LogP contribution in [0.3, 0.4) is 0 Å². The molecule has 2 bridgehead atoms. The second kappa shape index (κ2) is 10.0. The van der Waals surface area contributed by atoms with Crippen molar-refractivity contribution in [1.29, 1.82) is 0 Å². The van der Waals surface area contributed by atoms with Gasteiger partial charge in [0.1, 0.15) is 5.75 Å². The normalized spacial score (nSPS) is 24.6. The summed E-state index contributed by atoms with van der Waals surface area (Å²) in [4.78, 5) is 29.1. The standard InChI is InChI=1S/C25H38N2O4/c1-17(2)11-12-25(24(29)26-13-6-14-30-4)16-19-7-10-22(25)27(19)23(28)21-9-8-20(31-5)15-18(21)3/h8-9,15,17,19,22H,6-7,10-14,16H2,1-5H3,(H,26,29)/t19-,22+,25+/m1/s1. The Morgan fingerprint density at radius 3 is 2.68 bits per heavy atom. The molecule has 3 rings (SSSR count). The zero-order valence-electron chi connectivity index (χ0n) is 19.7. The molecule has 172 valence electrons. The molecule has 2 fully saturated rings. The highest BCUT2D eigenvalue weighted by atomic mass is 16.5. The maximum absolute atomic E-state index is 13.6. The summed E-state index contributed by atoms with van der Waals surface area (Å²) in [6, 6.07) is 5.70. The number of nitrogens with one attached hydrogen (secondary N) is 1. The molecular formula is C25H38N2O4. The molecule has 2 amide bonds. The van der Waals surface area contributed by atoms with Gasteiger partial charge in [0.2, 0.25) is 5.91 Å². The van der Waals surface area contributed by atoms with E-state index in [1.807, 2.05) is 30.0 Å². The summed E-state index contributed by atoms with van der Waals surface area (Å²) in [7, 11) is 3.30. The van der Waals surface area contributed by atoms with Crippen molar-refractivity contribution in [2.24, 2.45) is 11.3 Å². The lowest BCUT2D eigenvalue weighted by molar-refractivity contribution is -0.133. The molecule has 0 aromatic heterocycles. The number of ether oxygens (including phenoxy) is 2. The summed E-state index contributed by atoms with van der Waals surface area (Å²) in [5.41, 5.74) is 1.13. The van der Waals surface area contributed by atoms with Crippen LogP contribution in [0.5, 0.6) is 5.75 Å². The molecule has 1 N–H and O–H groups in total. The fourth-order valence-corrected chi connectivity index (χ4v) is 5.40. The molecule has 0 aliphatic carbocycles. The van der Waals surface area contributed by atoms with Gasteiger partial charge in [-0.15, -0.1) is 0 Å². The van der Waals surface area contributed by atoms with Crippen LogP contribution in [0.25, 0.3) is 0 Å². The summed E-state index contributed by atoms with van der Waals surface area (Å²) >= 11 is 0. The first-order chi connectivity index (χ1) is 14.8. The van der Waals surface area contributed by atoms with Crippen LogP contribution in [0.2, 0.25) is 0 Å². The fourth-order valence-electron chi connectivity index (χ4n) is 5.40. The monoisotopic (exact) mass is 430 g/mol. The molecule has 0 radical (unpaired) electrons. The predicted molar refractivity (Wildman–Crippen MR) is 121 cm³/mol. The van der Waals surface area contributed by atoms with Crippen molar-refractivity contribution in [3.63, 3.8) is 0 Å². The molecule has 1 aromatic rings. The second-order valence-corrected chi connectivity index (χ2v) is 9.54. The van der Waals surface area contributed by atoms with Gasteiger partial charge in [-0.2, -0.15) is 0 Å². The number of amides is 2. The van der Waals surface area contributed by atoms with E-state index in [9.17, 15) is 9.59 Å². The summed E-state index contributed by atoms with van der Waals surface area (Å²) in [6.45, 7) is 7.58. The van der Waals surface area contributed by atoms with Crippen molar-refractivity contribution in [3.8, 4) is 5.75 Å². The van der Waals surface area contributed by atoms with Gasteiger partial charge in [0.05, 0.1) is 12.5 Å². The Morgan fingerprint density at radius 2 is 2.03 bits per heavy atom. The number of methoxy groups -OCH3 is 2. The Kier molecular flexibility index (Phi) is 7.63. The van der Waals surface area contributed by atoms with Gasteiger partial charge in [-0.25, -0.2) is 0 Å². The van der Waals surface area contributed by atoms with Gasteiger partial charge in [0.15, 0.2) is 0 Å². The predicted octanol–water partition coefficient (Wildman–Crippen LogP) is 3.96. The number of nitrogens with zero attached hydrogens (tertiary/aromatic N) is 1. The third-order valence-electron chi connectivity index (χ3n) is 7.07. The van der Waals surface area contributed by atoms with Crippen molar-refractivity contribution in [3.05, 3.63) is 29.3 Å². The molecule has 31 heavy (non-hydrogen) atoms. The van der Waals surface area contributed by atoms with Crippen LogP contribution in [-0.2, 0) is 9.53 Å². The highest BCUT2D eigenvalue weighted by Gasteiger charge is 2.60. The maximum Gasteiger partial charge on any atom is 0.254 e. The second-order valence-electron chi connectivity index (χ2n) is 9.54. The number of hydrogen-bond donors (Lipinski definition) is 1. The molecule has 2 aliphatic rings. The van der Waals surface area contributed by atoms with E-state index in [2.05, 4.69) is 19.2 Å². The van der Waals surface area contributed by atoms with Gasteiger partial charge in [-0.3, -0.25) is 9.59 Å². The largest absolute Gasteiger partial charge is 0.497 e. The van der Waals surface area contributed by atoms with Crippen molar-refractivity contribution in [2.75, 3.05) is 27.4 Å². The number of hydrogen-bond acceptors (Lipinski definition) is 4. The highest BCUT2D eigenvalue weighted by molar-refractivity contribution is 5.98. The molecule has 3 atom stereocenters. The van der Waals surface area contributed by atoms with Gasteiger partial charge < -0.3 is 19.7 Å². The number of rotatable bonds is 10. The molecule has 1 aromatic carbocycles. The van der Waals surface area contributed by atoms with Gasteiger partial charge in [-0.05, 0) is 75.1 Å². The Morgan fingerprint density at radius 1 is 1.26 bits per heavy atom. The SMILES string of the molecule is COCCCNC(=O)[C@@]1(CCC(C)C)C[C@H]2CC[C@@H]1N2C(=O)c1ccc(OC)cc1C. The van der Waals surface area contributed by atoms with E-state index in [1.165, 1.54) is 0 Å². The van der Waals surface area contributed by atoms with Gasteiger partial charge in [0, 0.05) is 37.9 Å². The smallest absolute Gasteiger partial charge is 0.254 e. The third-order valence-corrected chi connectivity index (χ3v) is 7.07. The average molecular weight is 431 g/mol. The van der Waals surface area contributed by atoms with E-state index in [4.69, 9.17) is 9.47 Å². The first kappa shape index (κ1) is 23.6. The minimum atomic E-state index is -0.490. The Hall–Kier alpha value is -2.08. The molecule has 6 nitrogen and oxygen atoms in total. The van der Waals surface area contributed by atoms with E-state index in [0.29, 0.717) is 24.6 Å². The topological polar surface area (TPSA) is 67.9 Å². The average Bonchev–Trinajstić information content (AvgIpc) is 3.31. The number of fused-ring (bicyclic) bond motifs is 2. The first-order valence-corrected chi connectivity index (χ1v) is 11.6. The van der Waals surface area contributed by atoms with E-state index in [-0.39, 0.29) is 23.9 Å². The minimum Gasteiger partial charge on any atom is -0.497 e. The zero-order chi connectivity index (χ0) is 22.6. The van der Waals surface area contributed by atoms with Crippen LogP contribution in [0.15, 0.2) is 18.2 Å². The van der Waals surface area contributed by atoms with Crippen molar-refractivity contribution >= 4 is 11.8 Å². The van der Waals surface area contributed by atoms with Crippen LogP contribution in [0.4, 0.5) is 0 Å². The Labute approximate surface area is 186 Å². The van der Waals surface area contributed by atoms with Crippen LogP contribution in [-0.4, -0.2) is 56.2 Å². The number of benzene rings is 1. The quantitative estimate of drug-likeness (QED) is 0.571. The molecule has 0 unspecified atom stereocenters. The molecule has 2 heterocycles. The van der Waals surface area contributed by atoms with E-state index < -0.39 is 5.41 Å². The van der Waals surface area contributed by atoms with E-state index in [1.54, 1.807) is 14.2 Å². The van der Waals surface area contributed by atoms with Crippen LogP contribution < -0.4 is 10.1 Å². The maximum atomic E-state index is 13.6. The Bertz CT molecular complexity index is 794. The molecule has 0 spiro atoms. The molecular weight excluding hydrogens is 392 g/mol. The molecule has 2 saturated heterocycles. The first-order valence-electron chi connectivity index (χ1n) is 11.6. The zero-order valence-corrected chi connectivity index (χ0v) is 19.7.